The van der Waals surface area contributed by atoms with Crippen molar-refractivity contribution in [3.05, 3.63) is 28.8 Å². The summed E-state index contributed by atoms with van der Waals surface area (Å²) in [5.74, 6) is 2.41. The van der Waals surface area contributed by atoms with Crippen LogP contribution in [0.5, 0.6) is 0 Å². The average molecular weight is 227 g/mol. The first-order valence-corrected chi connectivity index (χ1v) is 6.34. The standard InChI is InChI=1S/C15H17NO/c1-2-14(17)13-9-11-5-3-7-16-8-4-6-12(10-13)15(11)16/h1,9-10,14,17H,3-8H2. The Morgan fingerprint density at radius 2 is 1.76 bits per heavy atom. The summed E-state index contributed by atoms with van der Waals surface area (Å²) in [6.45, 7) is 2.36. The van der Waals surface area contributed by atoms with E-state index in [1.165, 1.54) is 42.7 Å². The summed E-state index contributed by atoms with van der Waals surface area (Å²) in [6, 6.07) is 4.20. The maximum atomic E-state index is 9.79. The molecule has 0 saturated carbocycles. The van der Waals surface area contributed by atoms with Gasteiger partial charge in [-0.3, -0.25) is 0 Å². The van der Waals surface area contributed by atoms with Gasteiger partial charge in [-0.15, -0.1) is 6.42 Å². The highest BCUT2D eigenvalue weighted by Gasteiger charge is 2.24. The molecule has 17 heavy (non-hydrogen) atoms. The van der Waals surface area contributed by atoms with Crippen molar-refractivity contribution in [3.63, 3.8) is 0 Å². The van der Waals surface area contributed by atoms with Gasteiger partial charge < -0.3 is 10.0 Å². The van der Waals surface area contributed by atoms with Crippen LogP contribution in [0.15, 0.2) is 12.1 Å². The van der Waals surface area contributed by atoms with Crippen LogP contribution in [0.3, 0.4) is 0 Å². The lowest BCUT2D eigenvalue weighted by Gasteiger charge is -2.37. The van der Waals surface area contributed by atoms with Gasteiger partial charge in [-0.25, -0.2) is 0 Å². The lowest BCUT2D eigenvalue weighted by molar-refractivity contribution is 0.238. The van der Waals surface area contributed by atoms with Crippen molar-refractivity contribution in [1.82, 2.24) is 0 Å². The number of aliphatic hydroxyl groups is 1. The highest BCUT2D eigenvalue weighted by atomic mass is 16.3. The molecule has 0 radical (unpaired) electrons. The topological polar surface area (TPSA) is 23.5 Å². The number of anilines is 1. The molecular formula is C15H17NO. The molecular weight excluding hydrogens is 210 g/mol. The number of hydrogen-bond acceptors (Lipinski definition) is 2. The summed E-state index contributed by atoms with van der Waals surface area (Å²) < 4.78 is 0. The quantitative estimate of drug-likeness (QED) is 0.742. The molecule has 1 atom stereocenters. The summed E-state index contributed by atoms with van der Waals surface area (Å²) in [4.78, 5) is 2.49. The average Bonchev–Trinajstić information content (AvgIpc) is 2.38. The molecule has 1 aromatic rings. The Kier molecular flexibility index (Phi) is 2.57. The largest absolute Gasteiger partial charge is 0.376 e. The van der Waals surface area contributed by atoms with Gasteiger partial charge in [-0.1, -0.05) is 18.1 Å². The molecule has 0 bridgehead atoms. The Morgan fingerprint density at radius 1 is 1.18 bits per heavy atom. The third-order valence-electron chi connectivity index (χ3n) is 3.83. The van der Waals surface area contributed by atoms with Crippen molar-refractivity contribution < 1.29 is 5.11 Å². The van der Waals surface area contributed by atoms with E-state index in [-0.39, 0.29) is 0 Å². The first-order valence-electron chi connectivity index (χ1n) is 6.34. The molecule has 1 aromatic carbocycles. The van der Waals surface area contributed by atoms with Gasteiger partial charge in [0.25, 0.3) is 0 Å². The number of hydrogen-bond donors (Lipinski definition) is 1. The van der Waals surface area contributed by atoms with Crippen LogP contribution in [0.4, 0.5) is 5.69 Å². The Hall–Kier alpha value is -1.46. The van der Waals surface area contributed by atoms with E-state index in [1.54, 1.807) is 0 Å². The highest BCUT2D eigenvalue weighted by molar-refractivity contribution is 5.64. The van der Waals surface area contributed by atoms with E-state index in [1.807, 2.05) is 0 Å². The van der Waals surface area contributed by atoms with Crippen LogP contribution >= 0.6 is 0 Å². The van der Waals surface area contributed by atoms with Gasteiger partial charge in [0.05, 0.1) is 0 Å². The second kappa shape index (κ2) is 4.09. The summed E-state index contributed by atoms with van der Waals surface area (Å²) in [5.41, 5.74) is 5.07. The molecule has 0 amide bonds. The van der Waals surface area contributed by atoms with Crippen molar-refractivity contribution in [2.24, 2.45) is 0 Å². The Morgan fingerprint density at radius 3 is 2.29 bits per heavy atom. The van der Waals surface area contributed by atoms with Crippen LogP contribution in [0.25, 0.3) is 0 Å². The molecule has 2 aliphatic heterocycles. The fourth-order valence-corrected chi connectivity index (χ4v) is 3.08. The number of rotatable bonds is 1. The van der Waals surface area contributed by atoms with Gasteiger partial charge in [-0.05, 0) is 42.4 Å². The fraction of sp³-hybridized carbons (Fsp3) is 0.467. The number of nitrogens with zero attached hydrogens (tertiary/aromatic N) is 1. The number of aryl methyl sites for hydroxylation is 2. The lowest BCUT2D eigenvalue weighted by atomic mass is 9.89. The van der Waals surface area contributed by atoms with Crippen LogP contribution in [-0.2, 0) is 12.8 Å². The lowest BCUT2D eigenvalue weighted by Crippen LogP contribution is -2.34. The summed E-state index contributed by atoms with van der Waals surface area (Å²) in [7, 11) is 0. The molecule has 1 unspecified atom stereocenters. The minimum atomic E-state index is -0.756. The molecule has 0 aliphatic carbocycles. The van der Waals surface area contributed by atoms with E-state index in [0.717, 1.165) is 18.4 Å². The molecule has 88 valence electrons. The summed E-state index contributed by atoms with van der Waals surface area (Å²) in [6.07, 6.45) is 9.20. The van der Waals surface area contributed by atoms with Crippen molar-refractivity contribution in [2.75, 3.05) is 18.0 Å². The van der Waals surface area contributed by atoms with Crippen molar-refractivity contribution in [3.8, 4) is 12.3 Å². The molecule has 0 fully saturated rings. The fourth-order valence-electron chi connectivity index (χ4n) is 3.08. The van der Waals surface area contributed by atoms with E-state index in [4.69, 9.17) is 6.42 Å². The first-order chi connectivity index (χ1) is 8.29. The second-order valence-corrected chi connectivity index (χ2v) is 4.95. The number of aliphatic hydroxyl groups excluding tert-OH is 1. The van der Waals surface area contributed by atoms with Crippen LogP contribution in [0.1, 0.15) is 35.6 Å². The van der Waals surface area contributed by atoms with Crippen molar-refractivity contribution in [1.29, 1.82) is 0 Å². The first kappa shape index (κ1) is 10.7. The van der Waals surface area contributed by atoms with E-state index >= 15 is 0 Å². The second-order valence-electron chi connectivity index (χ2n) is 4.95. The van der Waals surface area contributed by atoms with Crippen LogP contribution < -0.4 is 4.90 Å². The van der Waals surface area contributed by atoms with Crippen molar-refractivity contribution in [2.45, 2.75) is 31.8 Å². The zero-order chi connectivity index (χ0) is 11.8. The number of benzene rings is 1. The van der Waals surface area contributed by atoms with Crippen LogP contribution in [0, 0.1) is 12.3 Å². The monoisotopic (exact) mass is 227 g/mol. The van der Waals surface area contributed by atoms with E-state index in [9.17, 15) is 5.11 Å². The summed E-state index contributed by atoms with van der Waals surface area (Å²) in [5, 5.41) is 9.79. The third-order valence-corrected chi connectivity index (χ3v) is 3.83. The molecule has 2 heterocycles. The van der Waals surface area contributed by atoms with E-state index < -0.39 is 6.10 Å². The van der Waals surface area contributed by atoms with Gasteiger partial charge in [0.15, 0.2) is 0 Å². The smallest absolute Gasteiger partial charge is 0.140 e. The minimum Gasteiger partial charge on any atom is -0.376 e. The van der Waals surface area contributed by atoms with Crippen LogP contribution in [0.2, 0.25) is 0 Å². The van der Waals surface area contributed by atoms with Gasteiger partial charge >= 0.3 is 0 Å². The van der Waals surface area contributed by atoms with Gasteiger partial charge in [0.1, 0.15) is 6.10 Å². The number of terminal acetylenes is 1. The molecule has 0 aromatic heterocycles. The predicted molar refractivity (Wildman–Crippen MR) is 69.1 cm³/mol. The zero-order valence-electron chi connectivity index (χ0n) is 9.95. The van der Waals surface area contributed by atoms with E-state index in [2.05, 4.69) is 23.0 Å². The SMILES string of the molecule is C#CC(O)c1cc2c3c(c1)CCCN3CCC2. The van der Waals surface area contributed by atoms with Crippen molar-refractivity contribution >= 4 is 5.69 Å². The maximum Gasteiger partial charge on any atom is 0.140 e. The molecule has 2 heteroatoms. The maximum absolute atomic E-state index is 9.79. The minimum absolute atomic E-state index is 0.756. The highest BCUT2D eigenvalue weighted by Crippen LogP contribution is 2.37. The normalized spacial score (nSPS) is 19.4. The van der Waals surface area contributed by atoms with E-state index in [0.29, 0.717) is 0 Å². The molecule has 0 saturated heterocycles. The molecule has 2 aliphatic rings. The Labute approximate surface area is 102 Å². The molecule has 0 spiro atoms. The molecule has 2 nitrogen and oxygen atoms in total. The Bertz CT molecular complexity index is 455. The molecule has 3 rings (SSSR count). The van der Waals surface area contributed by atoms with Gasteiger partial charge in [0, 0.05) is 18.8 Å². The summed E-state index contributed by atoms with van der Waals surface area (Å²) >= 11 is 0. The predicted octanol–water partition coefficient (Wildman–Crippen LogP) is 2.05. The molecule has 1 N–H and O–H groups in total. The zero-order valence-corrected chi connectivity index (χ0v) is 9.95. The van der Waals surface area contributed by atoms with Crippen LogP contribution in [-0.4, -0.2) is 18.2 Å². The third kappa shape index (κ3) is 1.71. The van der Waals surface area contributed by atoms with Gasteiger partial charge in [-0.2, -0.15) is 0 Å². The Balaban J connectivity index is 2.12. The van der Waals surface area contributed by atoms with Gasteiger partial charge in [0.2, 0.25) is 0 Å².